The Labute approximate surface area is 89.2 Å². The van der Waals surface area contributed by atoms with Gasteiger partial charge in [-0.25, -0.2) is 4.79 Å². The third kappa shape index (κ3) is 1.21. The van der Waals surface area contributed by atoms with Crippen molar-refractivity contribution >= 4 is 5.97 Å². The molecule has 2 unspecified atom stereocenters. The number of benzene rings is 1. The lowest BCUT2D eigenvalue weighted by Crippen LogP contribution is -2.04. The molecule has 1 aromatic carbocycles. The lowest BCUT2D eigenvalue weighted by atomic mass is 9.90. The third-order valence-electron chi connectivity index (χ3n) is 3.82. The maximum Gasteiger partial charge on any atom is 0.337 e. The average molecular weight is 202 g/mol. The van der Waals surface area contributed by atoms with Crippen molar-refractivity contribution in [3.63, 3.8) is 0 Å². The van der Waals surface area contributed by atoms with Gasteiger partial charge in [0.15, 0.2) is 0 Å². The summed E-state index contributed by atoms with van der Waals surface area (Å²) in [6.07, 6.45) is 3.91. The van der Waals surface area contributed by atoms with Crippen LogP contribution in [0, 0.1) is 0 Å². The summed E-state index contributed by atoms with van der Waals surface area (Å²) in [6.45, 7) is 0. The van der Waals surface area contributed by atoms with E-state index in [1.54, 1.807) is 0 Å². The third-order valence-corrected chi connectivity index (χ3v) is 3.82. The molecule has 2 atom stereocenters. The minimum absolute atomic E-state index is 0.222. The largest absolute Gasteiger partial charge is 0.465 e. The van der Waals surface area contributed by atoms with Crippen LogP contribution in [0.1, 0.15) is 52.6 Å². The fourth-order valence-corrected chi connectivity index (χ4v) is 3.09. The summed E-state index contributed by atoms with van der Waals surface area (Å²) in [5.74, 6) is 1.24. The molecule has 1 aromatic rings. The van der Waals surface area contributed by atoms with Gasteiger partial charge in [0.2, 0.25) is 0 Å². The monoisotopic (exact) mass is 202 g/mol. The van der Waals surface area contributed by atoms with E-state index in [-0.39, 0.29) is 5.97 Å². The van der Waals surface area contributed by atoms with Crippen molar-refractivity contribution in [1.82, 2.24) is 0 Å². The summed E-state index contributed by atoms with van der Waals surface area (Å²) >= 11 is 0. The number of carbonyl (C=O) groups excluding carboxylic acids is 1. The number of hydrogen-bond donors (Lipinski definition) is 0. The standard InChI is InChI=1S/C13H14O2/c1-15-13(14)10-4-5-11-8-2-3-9(6-8)12(11)7-10/h4-5,7-9H,2-3,6H2,1H3. The number of fused-ring (bicyclic) bond motifs is 5. The van der Waals surface area contributed by atoms with Crippen molar-refractivity contribution < 1.29 is 9.53 Å². The molecule has 1 fully saturated rings. The van der Waals surface area contributed by atoms with Gasteiger partial charge in [-0.15, -0.1) is 0 Å². The van der Waals surface area contributed by atoms with Crippen molar-refractivity contribution in [3.05, 3.63) is 34.9 Å². The van der Waals surface area contributed by atoms with Gasteiger partial charge in [0.05, 0.1) is 12.7 Å². The van der Waals surface area contributed by atoms with Crippen LogP contribution in [0.25, 0.3) is 0 Å². The van der Waals surface area contributed by atoms with Crippen molar-refractivity contribution in [3.8, 4) is 0 Å². The Morgan fingerprint density at radius 3 is 2.73 bits per heavy atom. The Hall–Kier alpha value is -1.31. The zero-order valence-electron chi connectivity index (χ0n) is 8.82. The van der Waals surface area contributed by atoms with Gasteiger partial charge in [-0.1, -0.05) is 6.07 Å². The maximum absolute atomic E-state index is 11.4. The number of carbonyl (C=O) groups is 1. The van der Waals surface area contributed by atoms with E-state index in [1.807, 2.05) is 12.1 Å². The van der Waals surface area contributed by atoms with Crippen LogP contribution in [0.3, 0.4) is 0 Å². The highest BCUT2D eigenvalue weighted by molar-refractivity contribution is 5.89. The van der Waals surface area contributed by atoms with Crippen molar-refractivity contribution in [1.29, 1.82) is 0 Å². The zero-order chi connectivity index (χ0) is 10.4. The number of methoxy groups -OCH3 is 1. The lowest BCUT2D eigenvalue weighted by molar-refractivity contribution is 0.0600. The molecule has 2 nitrogen and oxygen atoms in total. The van der Waals surface area contributed by atoms with E-state index in [4.69, 9.17) is 4.74 Å². The van der Waals surface area contributed by atoms with Gasteiger partial charge < -0.3 is 4.74 Å². The highest BCUT2D eigenvalue weighted by Gasteiger charge is 2.36. The summed E-state index contributed by atoms with van der Waals surface area (Å²) in [6, 6.07) is 6.04. The van der Waals surface area contributed by atoms with Crippen LogP contribution < -0.4 is 0 Å². The molecule has 2 aliphatic rings. The molecule has 0 heterocycles. The van der Waals surface area contributed by atoms with Gasteiger partial charge >= 0.3 is 5.97 Å². The Balaban J connectivity index is 2.04. The van der Waals surface area contributed by atoms with Crippen LogP contribution in [0.5, 0.6) is 0 Å². The summed E-state index contributed by atoms with van der Waals surface area (Å²) in [7, 11) is 1.43. The Bertz CT molecular complexity index is 423. The lowest BCUT2D eigenvalue weighted by Gasteiger charge is -2.15. The van der Waals surface area contributed by atoms with E-state index < -0.39 is 0 Å². The Morgan fingerprint density at radius 2 is 2.00 bits per heavy atom. The first-order valence-electron chi connectivity index (χ1n) is 5.51. The van der Waals surface area contributed by atoms with Gasteiger partial charge in [0, 0.05) is 0 Å². The molecule has 0 amide bonds. The quantitative estimate of drug-likeness (QED) is 0.654. The molecule has 0 radical (unpaired) electrons. The highest BCUT2D eigenvalue weighted by atomic mass is 16.5. The molecule has 0 saturated heterocycles. The van der Waals surface area contributed by atoms with Crippen molar-refractivity contribution in [2.75, 3.05) is 7.11 Å². The van der Waals surface area contributed by atoms with E-state index >= 15 is 0 Å². The maximum atomic E-state index is 11.4. The summed E-state index contributed by atoms with van der Waals surface area (Å²) in [5.41, 5.74) is 3.57. The van der Waals surface area contributed by atoms with E-state index in [0.29, 0.717) is 11.5 Å². The van der Waals surface area contributed by atoms with Gasteiger partial charge in [-0.2, -0.15) is 0 Å². The SMILES string of the molecule is COC(=O)c1ccc2c(c1)C1CCC2C1. The van der Waals surface area contributed by atoms with Crippen LogP contribution in [-0.2, 0) is 4.74 Å². The normalized spacial score (nSPS) is 26.5. The number of esters is 1. The fraction of sp³-hybridized carbons (Fsp3) is 0.462. The molecule has 0 aromatic heterocycles. The second kappa shape index (κ2) is 3.09. The van der Waals surface area contributed by atoms with Gasteiger partial charge in [0.25, 0.3) is 0 Å². The number of hydrogen-bond acceptors (Lipinski definition) is 2. The topological polar surface area (TPSA) is 26.3 Å². The second-order valence-corrected chi connectivity index (χ2v) is 4.54. The zero-order valence-corrected chi connectivity index (χ0v) is 8.82. The van der Waals surface area contributed by atoms with Crippen LogP contribution in [0.2, 0.25) is 0 Å². The van der Waals surface area contributed by atoms with Gasteiger partial charge in [-0.05, 0) is 54.4 Å². The Morgan fingerprint density at radius 1 is 1.27 bits per heavy atom. The summed E-state index contributed by atoms with van der Waals surface area (Å²) < 4.78 is 4.74. The molecular formula is C13H14O2. The highest BCUT2D eigenvalue weighted by Crippen LogP contribution is 2.53. The average Bonchev–Trinajstić information content (AvgIpc) is 2.88. The van der Waals surface area contributed by atoms with Crippen LogP contribution >= 0.6 is 0 Å². The van der Waals surface area contributed by atoms with Crippen molar-refractivity contribution in [2.24, 2.45) is 0 Å². The van der Waals surface area contributed by atoms with E-state index in [2.05, 4.69) is 6.07 Å². The molecule has 2 bridgehead atoms. The van der Waals surface area contributed by atoms with E-state index in [0.717, 1.165) is 5.92 Å². The van der Waals surface area contributed by atoms with Crippen LogP contribution in [0.4, 0.5) is 0 Å². The smallest absolute Gasteiger partial charge is 0.337 e. The van der Waals surface area contributed by atoms with Gasteiger partial charge in [0.1, 0.15) is 0 Å². The predicted molar refractivity (Wildman–Crippen MR) is 57.1 cm³/mol. The summed E-state index contributed by atoms with van der Waals surface area (Å²) in [4.78, 5) is 11.4. The molecule has 1 saturated carbocycles. The van der Waals surface area contributed by atoms with E-state index in [1.165, 1.54) is 37.5 Å². The second-order valence-electron chi connectivity index (χ2n) is 4.54. The number of rotatable bonds is 1. The molecule has 0 aliphatic heterocycles. The fourth-order valence-electron chi connectivity index (χ4n) is 3.09. The van der Waals surface area contributed by atoms with E-state index in [9.17, 15) is 4.79 Å². The first kappa shape index (κ1) is 8.96. The summed E-state index contributed by atoms with van der Waals surface area (Å²) in [5, 5.41) is 0. The Kier molecular flexibility index (Phi) is 1.84. The predicted octanol–water partition coefficient (Wildman–Crippen LogP) is 2.84. The minimum Gasteiger partial charge on any atom is -0.465 e. The van der Waals surface area contributed by atoms with Crippen LogP contribution in [0.15, 0.2) is 18.2 Å². The number of ether oxygens (including phenoxy) is 1. The molecule has 15 heavy (non-hydrogen) atoms. The first-order chi connectivity index (χ1) is 7.29. The first-order valence-corrected chi connectivity index (χ1v) is 5.51. The molecule has 3 rings (SSSR count). The molecular weight excluding hydrogens is 188 g/mol. The van der Waals surface area contributed by atoms with Crippen LogP contribution in [-0.4, -0.2) is 13.1 Å². The minimum atomic E-state index is -0.222. The molecule has 0 N–H and O–H groups in total. The molecule has 2 heteroatoms. The molecule has 78 valence electrons. The van der Waals surface area contributed by atoms with Crippen molar-refractivity contribution in [2.45, 2.75) is 31.1 Å². The van der Waals surface area contributed by atoms with Gasteiger partial charge in [-0.3, -0.25) is 0 Å². The molecule has 0 spiro atoms. The molecule has 2 aliphatic carbocycles.